The van der Waals surface area contributed by atoms with Crippen molar-refractivity contribution in [2.45, 2.75) is 122 Å². The smallest absolute Gasteiger partial charge is 0.405 e. The van der Waals surface area contributed by atoms with Crippen LogP contribution < -0.4 is 10.4 Å². The molecule has 3 saturated heterocycles. The van der Waals surface area contributed by atoms with Gasteiger partial charge in [0.1, 0.15) is 0 Å². The zero-order chi connectivity index (χ0) is 49.5. The van der Waals surface area contributed by atoms with E-state index in [4.69, 9.17) is 27.9 Å². The van der Waals surface area contributed by atoms with Gasteiger partial charge in [0.15, 0.2) is 0 Å². The van der Waals surface area contributed by atoms with Crippen LogP contribution in [0.3, 0.4) is 0 Å². The molecule has 7 aromatic rings. The van der Waals surface area contributed by atoms with E-state index in [0.717, 1.165) is 33.7 Å². The SMILES string of the molecule is CC1(C)OB(B2OC(C)(C)C(C)(Cc3ccc(-c4ccc(N(c5ccc(B6OC(C)(C)C(C)(C)O6)cc5)c5ccc6c(c5)C5(c7ccccc7-c7ccccc75)c5ccccc5-6)cc4)cc3)O2)OC1(C)C. The molecule has 0 saturated carbocycles. The predicted molar refractivity (Wildman–Crippen MR) is 289 cm³/mol. The third-order valence-electron chi connectivity index (χ3n) is 17.4. The van der Waals surface area contributed by atoms with Gasteiger partial charge in [-0.15, -0.1) is 0 Å². The van der Waals surface area contributed by atoms with Gasteiger partial charge in [0.05, 0.1) is 39.0 Å². The summed E-state index contributed by atoms with van der Waals surface area (Å²) in [6, 6.07) is 60.5. The highest BCUT2D eigenvalue weighted by Gasteiger charge is 2.65. The Morgan fingerprint density at radius 2 is 0.761 bits per heavy atom. The van der Waals surface area contributed by atoms with Crippen LogP contribution in [0.5, 0.6) is 0 Å². The lowest BCUT2D eigenvalue weighted by molar-refractivity contribution is -0.00877. The Bertz CT molecular complexity index is 3130. The summed E-state index contributed by atoms with van der Waals surface area (Å²) in [6.07, 6.45) is 0.668. The van der Waals surface area contributed by atoms with Crippen molar-refractivity contribution < 1.29 is 27.9 Å². The van der Waals surface area contributed by atoms with Crippen LogP contribution in [0, 0.1) is 0 Å². The average molecular weight is 938 g/mol. The largest absolute Gasteiger partial charge is 0.494 e. The Labute approximate surface area is 421 Å². The number of rotatable bonds is 8. The summed E-state index contributed by atoms with van der Waals surface area (Å²) in [5.74, 6) is 0. The van der Waals surface area contributed by atoms with Gasteiger partial charge < -0.3 is 32.8 Å². The highest BCUT2D eigenvalue weighted by atomic mass is 16.7. The van der Waals surface area contributed by atoms with Crippen molar-refractivity contribution in [3.63, 3.8) is 0 Å². The van der Waals surface area contributed by atoms with Gasteiger partial charge in [-0.2, -0.15) is 0 Å². The van der Waals surface area contributed by atoms with E-state index in [1.54, 1.807) is 0 Å². The molecule has 3 heterocycles. The van der Waals surface area contributed by atoms with Gasteiger partial charge >= 0.3 is 21.1 Å². The van der Waals surface area contributed by atoms with Crippen molar-refractivity contribution in [2.75, 3.05) is 4.90 Å². The maximum Gasteiger partial charge on any atom is 0.494 e. The highest BCUT2D eigenvalue weighted by Crippen LogP contribution is 2.63. The minimum atomic E-state index is -0.633. The third-order valence-corrected chi connectivity index (χ3v) is 17.4. The van der Waals surface area contributed by atoms with Gasteiger partial charge in [-0.1, -0.05) is 127 Å². The molecule has 356 valence electrons. The second kappa shape index (κ2) is 15.9. The lowest BCUT2D eigenvalue weighted by atomic mass is 9.49. The Morgan fingerprint density at radius 1 is 0.366 bits per heavy atom. The van der Waals surface area contributed by atoms with E-state index in [1.165, 1.54) is 50.1 Å². The lowest BCUT2D eigenvalue weighted by Gasteiger charge is -2.36. The summed E-state index contributed by atoms with van der Waals surface area (Å²) in [7, 11) is -1.70. The van der Waals surface area contributed by atoms with Crippen LogP contribution in [0.1, 0.15) is 104 Å². The first kappa shape index (κ1) is 46.4. The van der Waals surface area contributed by atoms with E-state index < -0.39 is 60.2 Å². The van der Waals surface area contributed by atoms with Gasteiger partial charge in [-0.3, -0.25) is 0 Å². The monoisotopic (exact) mass is 937 g/mol. The molecule has 5 aliphatic rings. The van der Waals surface area contributed by atoms with Crippen LogP contribution in [0.2, 0.25) is 0 Å². The van der Waals surface area contributed by atoms with Gasteiger partial charge in [0.2, 0.25) is 0 Å². The van der Waals surface area contributed by atoms with Crippen LogP contribution in [-0.4, -0.2) is 54.7 Å². The van der Waals surface area contributed by atoms with E-state index in [-0.39, 0.29) is 0 Å². The molecule has 0 aromatic heterocycles. The lowest BCUT2D eigenvalue weighted by Crippen LogP contribution is -2.46. The molecule has 1 spiro atoms. The molecule has 3 aliphatic heterocycles. The minimum absolute atomic E-state index is 0.437. The Balaban J connectivity index is 0.890. The van der Waals surface area contributed by atoms with Crippen molar-refractivity contribution in [1.29, 1.82) is 0 Å². The normalized spacial score (nSPS) is 22.1. The molecule has 1 atom stereocenters. The molecule has 12 rings (SSSR count). The number of hydrogen-bond donors (Lipinski definition) is 0. The van der Waals surface area contributed by atoms with E-state index >= 15 is 0 Å². The maximum absolute atomic E-state index is 6.72. The summed E-state index contributed by atoms with van der Waals surface area (Å²) < 4.78 is 39.0. The summed E-state index contributed by atoms with van der Waals surface area (Å²) >= 11 is 0. The first-order valence-corrected chi connectivity index (χ1v) is 25.3. The van der Waals surface area contributed by atoms with E-state index in [9.17, 15) is 0 Å². The van der Waals surface area contributed by atoms with E-state index in [2.05, 4.69) is 245 Å². The predicted octanol–water partition coefficient (Wildman–Crippen LogP) is 13.3. The Morgan fingerprint density at radius 3 is 1.27 bits per heavy atom. The second-order valence-electron chi connectivity index (χ2n) is 23.0. The van der Waals surface area contributed by atoms with Crippen molar-refractivity contribution in [2.24, 2.45) is 0 Å². The van der Waals surface area contributed by atoms with E-state index in [0.29, 0.717) is 6.42 Å². The van der Waals surface area contributed by atoms with Crippen molar-refractivity contribution in [1.82, 2.24) is 0 Å². The first-order valence-electron chi connectivity index (χ1n) is 25.3. The number of nitrogens with zero attached hydrogens (tertiary/aromatic N) is 1. The van der Waals surface area contributed by atoms with E-state index in [1.807, 2.05) is 0 Å². The van der Waals surface area contributed by atoms with Crippen molar-refractivity contribution in [3.05, 3.63) is 192 Å². The molecule has 0 amide bonds. The maximum atomic E-state index is 6.72. The topological polar surface area (TPSA) is 58.6 Å². The molecule has 71 heavy (non-hydrogen) atoms. The number of fused-ring (bicyclic) bond motifs is 10. The molecule has 0 N–H and O–H groups in total. The minimum Gasteiger partial charge on any atom is -0.405 e. The van der Waals surface area contributed by atoms with Crippen molar-refractivity contribution >= 4 is 43.7 Å². The molecule has 10 heteroatoms. The van der Waals surface area contributed by atoms with Gasteiger partial charge in [0, 0.05) is 23.5 Å². The molecule has 2 aliphatic carbocycles. The molecular weight excluding hydrogens is 875 g/mol. The number of benzene rings is 7. The van der Waals surface area contributed by atoms with Crippen molar-refractivity contribution in [3.8, 4) is 33.4 Å². The van der Waals surface area contributed by atoms with Crippen LogP contribution in [-0.2, 0) is 39.8 Å². The zero-order valence-corrected chi connectivity index (χ0v) is 42.9. The van der Waals surface area contributed by atoms with Gasteiger partial charge in [-0.05, 0) is 179 Å². The van der Waals surface area contributed by atoms with Gasteiger partial charge in [0.25, 0.3) is 0 Å². The Hall–Kier alpha value is -5.71. The fourth-order valence-electron chi connectivity index (χ4n) is 11.6. The zero-order valence-electron chi connectivity index (χ0n) is 42.9. The average Bonchev–Trinajstić information content (AvgIpc) is 4.03. The molecule has 1 unspecified atom stereocenters. The number of hydrogen-bond acceptors (Lipinski definition) is 7. The Kier molecular flexibility index (Phi) is 10.4. The fourth-order valence-corrected chi connectivity index (χ4v) is 11.6. The second-order valence-corrected chi connectivity index (χ2v) is 23.0. The molecule has 7 aromatic carbocycles. The van der Waals surface area contributed by atoms with Crippen LogP contribution in [0.25, 0.3) is 33.4 Å². The summed E-state index contributed by atoms with van der Waals surface area (Å²) in [4.78, 5) is 2.38. The molecule has 0 radical (unpaired) electrons. The molecular formula is C61H62B3NO6. The van der Waals surface area contributed by atoms with Gasteiger partial charge in [-0.25, -0.2) is 0 Å². The standard InChI is InChI=1S/C61H62B3NO6/c1-55(2)56(3,4)67-62(66-55)43-30-34-45(35-31-43)65(46-36-37-50-49-20-14-17-23-53(49)61(54(50)38-46)51-21-15-12-18-47(51)48-19-13-16-22-52(48)61)44-32-28-42(29-33-44)41-26-24-40(25-27-41)39-60(11)59(9,10)70-64(71-60)63-68-57(5,6)58(7,8)69-63/h12-38H,39H2,1-11H3. The fraction of sp³-hybridized carbons (Fsp3) is 0.311. The number of anilines is 3. The van der Waals surface area contributed by atoms with Crippen LogP contribution >= 0.6 is 0 Å². The molecule has 0 bridgehead atoms. The summed E-state index contributed by atoms with van der Waals surface area (Å²) in [6.45, 7) is 22.9. The molecule has 3 fully saturated rings. The van der Waals surface area contributed by atoms with Crippen LogP contribution in [0.4, 0.5) is 17.1 Å². The third kappa shape index (κ3) is 7.04. The van der Waals surface area contributed by atoms with Crippen LogP contribution in [0.15, 0.2) is 164 Å². The highest BCUT2D eigenvalue weighted by molar-refractivity contribution is 7.11. The quantitative estimate of drug-likeness (QED) is 0.141. The summed E-state index contributed by atoms with van der Waals surface area (Å²) in [5, 5.41) is 0. The summed E-state index contributed by atoms with van der Waals surface area (Å²) in [5.41, 5.74) is 14.5. The molecule has 7 nitrogen and oxygen atoms in total. The first-order chi connectivity index (χ1) is 33.7.